The van der Waals surface area contributed by atoms with Gasteiger partial charge in [-0.25, -0.2) is 4.79 Å². The molecule has 3 heteroatoms. The molecule has 1 N–H and O–H groups in total. The van der Waals surface area contributed by atoms with Crippen LogP contribution in [0.3, 0.4) is 0 Å². The van der Waals surface area contributed by atoms with Crippen molar-refractivity contribution in [2.45, 2.75) is 0 Å². The van der Waals surface area contributed by atoms with Gasteiger partial charge >= 0.3 is 5.97 Å². The number of hydrogen-bond acceptors (Lipinski definition) is 1. The van der Waals surface area contributed by atoms with Gasteiger partial charge in [0.05, 0.1) is 5.56 Å². The molecule has 0 aliphatic heterocycles. The molecule has 0 amide bonds. The van der Waals surface area contributed by atoms with Crippen molar-refractivity contribution in [1.82, 2.24) is 0 Å². The van der Waals surface area contributed by atoms with E-state index in [1.54, 1.807) is 30.3 Å². The van der Waals surface area contributed by atoms with Crippen LogP contribution in [0.15, 0.2) is 91.0 Å². The summed E-state index contributed by atoms with van der Waals surface area (Å²) in [4.78, 5) is 10.2. The van der Waals surface area contributed by atoms with Crippen LogP contribution in [-0.2, 0) is 0 Å². The van der Waals surface area contributed by atoms with Crippen LogP contribution in [-0.4, -0.2) is 31.1 Å². The summed E-state index contributed by atoms with van der Waals surface area (Å²) >= 11 is 0. The number of hydrogen-bond donors (Lipinski definition) is 1. The van der Waals surface area contributed by atoms with Crippen molar-refractivity contribution >= 4 is 13.9 Å². The maximum absolute atomic E-state index is 10.2. The number of benzene rings is 3. The Kier molecular flexibility index (Phi) is 9.89. The largest absolute Gasteiger partial charge is 0.478 e. The van der Waals surface area contributed by atoms with Gasteiger partial charge in [-0.3, -0.25) is 0 Å². The smallest absolute Gasteiger partial charge is 0.335 e. The summed E-state index contributed by atoms with van der Waals surface area (Å²) in [6.07, 6.45) is 0. The molecule has 130 valence electrons. The molecule has 0 spiro atoms. The Morgan fingerprint density at radius 3 is 1.16 bits per heavy atom. The second-order valence-corrected chi connectivity index (χ2v) is 8.43. The van der Waals surface area contributed by atoms with Crippen molar-refractivity contribution in [1.29, 1.82) is 0 Å². The van der Waals surface area contributed by atoms with Gasteiger partial charge in [-0.05, 0) is 43.3 Å². The molecule has 2 nitrogen and oxygen atoms in total. The zero-order valence-electron chi connectivity index (χ0n) is 15.0. The fraction of sp³-hybridized carbons (Fsp3) is 0.136. The van der Waals surface area contributed by atoms with Crippen molar-refractivity contribution in [3.05, 3.63) is 96.6 Å². The van der Waals surface area contributed by atoms with E-state index >= 15 is 0 Å². The maximum atomic E-state index is 10.2. The fourth-order valence-corrected chi connectivity index (χ4v) is 1.84. The van der Waals surface area contributed by atoms with Gasteiger partial charge in [0.2, 0.25) is 0 Å². The highest BCUT2D eigenvalue weighted by Gasteiger charge is 1.96. The van der Waals surface area contributed by atoms with E-state index < -0.39 is 5.97 Å². The molecule has 0 aliphatic carbocycles. The van der Waals surface area contributed by atoms with E-state index in [9.17, 15) is 4.79 Å². The first-order chi connectivity index (χ1) is 12.0. The molecule has 0 bridgehead atoms. The van der Waals surface area contributed by atoms with E-state index in [1.807, 2.05) is 12.1 Å². The number of carbonyl (C=O) groups is 1. The fourth-order valence-electron chi connectivity index (χ4n) is 1.84. The summed E-state index contributed by atoms with van der Waals surface area (Å²) in [5, 5.41) is 8.38. The normalized spacial score (nSPS) is 9.28. The monoisotopic (exact) mass is 352 g/mol. The van der Waals surface area contributed by atoms with Gasteiger partial charge in [-0.15, -0.1) is 7.92 Å². The van der Waals surface area contributed by atoms with Crippen LogP contribution < -0.4 is 0 Å². The van der Waals surface area contributed by atoms with Gasteiger partial charge < -0.3 is 5.11 Å². The van der Waals surface area contributed by atoms with Gasteiger partial charge in [0.25, 0.3) is 0 Å². The van der Waals surface area contributed by atoms with Crippen LogP contribution in [0.5, 0.6) is 0 Å². The van der Waals surface area contributed by atoms with E-state index in [0.717, 1.165) is 0 Å². The lowest BCUT2D eigenvalue weighted by molar-refractivity contribution is 0.0697. The zero-order valence-corrected chi connectivity index (χ0v) is 15.9. The van der Waals surface area contributed by atoms with Crippen molar-refractivity contribution in [2.24, 2.45) is 0 Å². The summed E-state index contributed by atoms with van der Waals surface area (Å²) in [7, 11) is 0.380. The van der Waals surface area contributed by atoms with E-state index in [4.69, 9.17) is 5.11 Å². The van der Waals surface area contributed by atoms with E-state index in [0.29, 0.717) is 13.5 Å². The number of aromatic carboxylic acids is 1. The molecule has 3 aromatic carbocycles. The van der Waals surface area contributed by atoms with Crippen molar-refractivity contribution in [2.75, 3.05) is 20.0 Å². The third-order valence-corrected chi connectivity index (χ3v) is 2.90. The van der Waals surface area contributed by atoms with Gasteiger partial charge in [0.15, 0.2) is 0 Å². The topological polar surface area (TPSA) is 37.3 Å². The lowest BCUT2D eigenvalue weighted by Crippen LogP contribution is -1.93. The van der Waals surface area contributed by atoms with Crippen molar-refractivity contribution in [3.8, 4) is 11.1 Å². The first-order valence-electron chi connectivity index (χ1n) is 8.00. The third-order valence-electron chi connectivity index (χ3n) is 2.90. The Morgan fingerprint density at radius 2 is 0.920 bits per heavy atom. The van der Waals surface area contributed by atoms with Gasteiger partial charge in [0, 0.05) is 0 Å². The van der Waals surface area contributed by atoms with Crippen molar-refractivity contribution in [3.63, 3.8) is 0 Å². The predicted octanol–water partition coefficient (Wildman–Crippen LogP) is 6.10. The Bertz CT molecular complexity index is 671. The van der Waals surface area contributed by atoms with Crippen LogP contribution >= 0.6 is 7.92 Å². The Balaban J connectivity index is 0.000000213. The highest BCUT2D eigenvalue weighted by molar-refractivity contribution is 7.55. The summed E-state index contributed by atoms with van der Waals surface area (Å²) in [6.45, 7) is 6.69. The molecular formula is C22H25O2P. The molecule has 0 aromatic heterocycles. The molecule has 0 saturated heterocycles. The molecule has 3 aromatic rings. The van der Waals surface area contributed by atoms with E-state index in [-0.39, 0.29) is 0 Å². The van der Waals surface area contributed by atoms with Gasteiger partial charge in [0.1, 0.15) is 0 Å². The SMILES string of the molecule is CP(C)C.O=C(O)c1ccccc1.c1ccc(-c2ccccc2)cc1. The Morgan fingerprint density at radius 1 is 0.640 bits per heavy atom. The first-order valence-corrected chi connectivity index (χ1v) is 10.7. The summed E-state index contributed by atoms with van der Waals surface area (Å²) < 4.78 is 0. The number of rotatable bonds is 2. The second-order valence-electron chi connectivity index (χ2n) is 5.74. The van der Waals surface area contributed by atoms with Crippen LogP contribution in [0.1, 0.15) is 10.4 Å². The zero-order chi connectivity index (χ0) is 18.5. The highest BCUT2D eigenvalue weighted by atomic mass is 31.1. The van der Waals surface area contributed by atoms with E-state index in [1.165, 1.54) is 11.1 Å². The maximum Gasteiger partial charge on any atom is 0.335 e. The van der Waals surface area contributed by atoms with E-state index in [2.05, 4.69) is 68.5 Å². The standard InChI is InChI=1S/C12H10.C7H6O2.C3H9P/c1-3-7-11(8-4-1)12-9-5-2-6-10-12;8-7(9)6-4-2-1-3-5-6;1-4(2)3/h1-10H;1-5H,(H,8,9);1-3H3. The Hall–Kier alpha value is -2.44. The van der Waals surface area contributed by atoms with Crippen LogP contribution in [0.2, 0.25) is 0 Å². The molecule has 3 rings (SSSR count). The minimum atomic E-state index is -0.879. The van der Waals surface area contributed by atoms with Crippen molar-refractivity contribution < 1.29 is 9.90 Å². The molecule has 0 unspecified atom stereocenters. The quantitative estimate of drug-likeness (QED) is 0.566. The molecule has 25 heavy (non-hydrogen) atoms. The Labute approximate surface area is 151 Å². The predicted molar refractivity (Wildman–Crippen MR) is 110 cm³/mol. The van der Waals surface area contributed by atoms with Crippen LogP contribution in [0.25, 0.3) is 11.1 Å². The van der Waals surface area contributed by atoms with Gasteiger partial charge in [-0.2, -0.15) is 0 Å². The summed E-state index contributed by atoms with van der Waals surface area (Å²) in [5.74, 6) is -0.879. The lowest BCUT2D eigenvalue weighted by atomic mass is 10.1. The van der Waals surface area contributed by atoms with Gasteiger partial charge in [-0.1, -0.05) is 78.9 Å². The molecule has 0 aliphatic rings. The third kappa shape index (κ3) is 9.44. The van der Waals surface area contributed by atoms with Crippen LogP contribution in [0, 0.1) is 0 Å². The minimum Gasteiger partial charge on any atom is -0.478 e. The molecule has 0 radical (unpaired) electrons. The number of carboxylic acids is 1. The summed E-state index contributed by atoms with van der Waals surface area (Å²) in [6, 6.07) is 29.1. The lowest BCUT2D eigenvalue weighted by Gasteiger charge is -1.98. The highest BCUT2D eigenvalue weighted by Crippen LogP contribution is 2.17. The first kappa shape index (κ1) is 20.6. The molecule has 0 fully saturated rings. The molecule has 0 atom stereocenters. The second kappa shape index (κ2) is 12.0. The summed E-state index contributed by atoms with van der Waals surface area (Å²) in [5.41, 5.74) is 2.88. The minimum absolute atomic E-state index is 0.331. The number of carboxylic acid groups (broad SMARTS) is 1. The average molecular weight is 352 g/mol. The average Bonchev–Trinajstić information content (AvgIpc) is 2.64. The molecule has 0 heterocycles. The molecule has 0 saturated carbocycles. The molecular weight excluding hydrogens is 327 g/mol. The van der Waals surface area contributed by atoms with Crippen LogP contribution in [0.4, 0.5) is 0 Å².